The Bertz CT molecular complexity index is 457. The van der Waals surface area contributed by atoms with E-state index in [1.165, 1.54) is 225 Å². The van der Waals surface area contributed by atoms with Crippen molar-refractivity contribution < 1.29 is 0 Å². The second-order valence-corrected chi connectivity index (χ2v) is 15.5. The lowest BCUT2D eigenvalue weighted by Crippen LogP contribution is -2.27. The largest absolute Gasteiger partial charge is 0.303 e. The van der Waals surface area contributed by atoms with Gasteiger partial charge in [-0.15, -0.1) is 0 Å². The molecule has 0 bridgehead atoms. The number of hydrogen-bond donors (Lipinski definition) is 0. The van der Waals surface area contributed by atoms with Crippen molar-refractivity contribution in [2.75, 3.05) is 19.6 Å². The monoisotopic (exact) mass is 606 g/mol. The Balaban J connectivity index is 3.86. The molecule has 0 N–H and O–H groups in total. The molecule has 260 valence electrons. The van der Waals surface area contributed by atoms with Gasteiger partial charge in [0.15, 0.2) is 0 Å². The summed E-state index contributed by atoms with van der Waals surface area (Å²) in [7, 11) is 0. The van der Waals surface area contributed by atoms with Crippen LogP contribution in [-0.2, 0) is 0 Å². The summed E-state index contributed by atoms with van der Waals surface area (Å²) in [4.78, 5) is 2.86. The highest BCUT2D eigenvalue weighted by atomic mass is 15.1. The van der Waals surface area contributed by atoms with Gasteiger partial charge in [0, 0.05) is 0 Å². The molecule has 0 atom stereocenters. The van der Waals surface area contributed by atoms with Crippen LogP contribution in [-0.4, -0.2) is 24.5 Å². The third-order valence-electron chi connectivity index (χ3n) is 9.84. The minimum Gasteiger partial charge on any atom is -0.303 e. The lowest BCUT2D eigenvalue weighted by atomic mass is 10.0. The van der Waals surface area contributed by atoms with Crippen LogP contribution in [0.1, 0.15) is 240 Å². The van der Waals surface area contributed by atoms with Gasteiger partial charge in [0.05, 0.1) is 0 Å². The maximum absolute atomic E-state index is 2.86. The van der Waals surface area contributed by atoms with Gasteiger partial charge in [0.1, 0.15) is 0 Å². The highest BCUT2D eigenvalue weighted by molar-refractivity contribution is 4.61. The van der Waals surface area contributed by atoms with Gasteiger partial charge >= 0.3 is 0 Å². The summed E-state index contributed by atoms with van der Waals surface area (Å²) in [6.45, 7) is 15.8. The Kier molecular flexibility index (Phi) is 36.4. The Morgan fingerprint density at radius 3 is 0.721 bits per heavy atom. The molecule has 0 rings (SSSR count). The Morgan fingerprint density at radius 1 is 0.279 bits per heavy atom. The maximum Gasteiger partial charge on any atom is -0.00187 e. The third-order valence-corrected chi connectivity index (χ3v) is 9.84. The van der Waals surface area contributed by atoms with E-state index in [1.807, 2.05) is 0 Å². The van der Waals surface area contributed by atoms with Crippen LogP contribution in [0.2, 0.25) is 0 Å². The summed E-state index contributed by atoms with van der Waals surface area (Å²) in [5, 5.41) is 0. The number of unbranched alkanes of at least 4 members (excludes halogenated alkanes) is 27. The van der Waals surface area contributed by atoms with Crippen molar-refractivity contribution in [3.63, 3.8) is 0 Å². The first-order chi connectivity index (χ1) is 21.1. The van der Waals surface area contributed by atoms with Gasteiger partial charge in [-0.1, -0.05) is 221 Å². The Morgan fingerprint density at radius 2 is 0.488 bits per heavy atom. The molecule has 0 aliphatic carbocycles. The van der Waals surface area contributed by atoms with Crippen molar-refractivity contribution in [2.24, 2.45) is 11.8 Å². The summed E-state index contributed by atoms with van der Waals surface area (Å²) in [6.07, 6.45) is 46.7. The molecule has 0 radical (unpaired) electrons. The molecule has 0 aromatic rings. The molecule has 1 heteroatoms. The summed E-state index contributed by atoms with van der Waals surface area (Å²) in [5.41, 5.74) is 0. The van der Waals surface area contributed by atoms with E-state index < -0.39 is 0 Å². The molecular formula is C42H87N. The average molecular weight is 606 g/mol. The van der Waals surface area contributed by atoms with Crippen LogP contribution >= 0.6 is 0 Å². The van der Waals surface area contributed by atoms with Gasteiger partial charge in [-0.3, -0.25) is 0 Å². The lowest BCUT2D eigenvalue weighted by molar-refractivity contribution is 0.254. The summed E-state index contributed by atoms with van der Waals surface area (Å²) >= 11 is 0. The van der Waals surface area contributed by atoms with Crippen molar-refractivity contribution >= 4 is 0 Å². The lowest BCUT2D eigenvalue weighted by Gasteiger charge is -2.22. The van der Waals surface area contributed by atoms with Crippen LogP contribution in [0.3, 0.4) is 0 Å². The minimum atomic E-state index is 0.884. The summed E-state index contributed by atoms with van der Waals surface area (Å²) < 4.78 is 0. The van der Waals surface area contributed by atoms with Gasteiger partial charge in [0.25, 0.3) is 0 Å². The molecule has 0 saturated heterocycles. The molecule has 0 aromatic carbocycles. The van der Waals surface area contributed by atoms with Crippen LogP contribution in [0.25, 0.3) is 0 Å². The standard InChI is InChI=1S/C42H87N/c1-6-7-8-9-10-11-12-13-14-15-16-17-18-23-28-33-38-43(39-34-29-24-19-21-26-31-36-41(2)3)40-35-30-25-20-22-27-32-37-42(4)5/h41-42H,6-40H2,1-5H3. The Labute approximate surface area is 275 Å². The first kappa shape index (κ1) is 43.0. The molecule has 0 spiro atoms. The molecule has 43 heavy (non-hydrogen) atoms. The number of hydrogen-bond acceptors (Lipinski definition) is 1. The van der Waals surface area contributed by atoms with Crippen molar-refractivity contribution in [3.05, 3.63) is 0 Å². The predicted octanol–water partition coefficient (Wildman–Crippen LogP) is 15.1. The molecule has 0 saturated carbocycles. The number of nitrogens with zero attached hydrogens (tertiary/aromatic N) is 1. The third kappa shape index (κ3) is 38.1. The fourth-order valence-corrected chi connectivity index (χ4v) is 6.76. The van der Waals surface area contributed by atoms with E-state index in [4.69, 9.17) is 0 Å². The minimum absolute atomic E-state index is 0.884. The van der Waals surface area contributed by atoms with Crippen LogP contribution in [0, 0.1) is 11.8 Å². The fourth-order valence-electron chi connectivity index (χ4n) is 6.76. The van der Waals surface area contributed by atoms with E-state index >= 15 is 0 Å². The molecule has 0 aliphatic rings. The summed E-state index contributed by atoms with van der Waals surface area (Å²) in [6, 6.07) is 0. The van der Waals surface area contributed by atoms with Gasteiger partial charge in [-0.05, 0) is 50.7 Å². The molecule has 0 aliphatic heterocycles. The Hall–Kier alpha value is -0.0400. The van der Waals surface area contributed by atoms with Crippen LogP contribution in [0.5, 0.6) is 0 Å². The zero-order valence-electron chi connectivity index (χ0n) is 31.4. The first-order valence-electron chi connectivity index (χ1n) is 20.8. The molecule has 0 fully saturated rings. The van der Waals surface area contributed by atoms with Crippen LogP contribution < -0.4 is 0 Å². The van der Waals surface area contributed by atoms with Crippen molar-refractivity contribution in [1.29, 1.82) is 0 Å². The van der Waals surface area contributed by atoms with E-state index in [9.17, 15) is 0 Å². The smallest absolute Gasteiger partial charge is 0.00187 e. The van der Waals surface area contributed by atoms with Crippen molar-refractivity contribution in [2.45, 2.75) is 240 Å². The second kappa shape index (κ2) is 36.4. The predicted molar refractivity (Wildman–Crippen MR) is 200 cm³/mol. The van der Waals surface area contributed by atoms with Gasteiger partial charge in [0.2, 0.25) is 0 Å². The second-order valence-electron chi connectivity index (χ2n) is 15.5. The van der Waals surface area contributed by atoms with E-state index in [-0.39, 0.29) is 0 Å². The molecule has 1 nitrogen and oxygen atoms in total. The van der Waals surface area contributed by atoms with Crippen LogP contribution in [0.4, 0.5) is 0 Å². The van der Waals surface area contributed by atoms with Crippen LogP contribution in [0.15, 0.2) is 0 Å². The molecule has 0 aromatic heterocycles. The highest BCUT2D eigenvalue weighted by Gasteiger charge is 2.05. The fraction of sp³-hybridized carbons (Fsp3) is 1.00. The van der Waals surface area contributed by atoms with Crippen molar-refractivity contribution in [1.82, 2.24) is 4.90 Å². The van der Waals surface area contributed by atoms with E-state index in [0.717, 1.165) is 11.8 Å². The maximum atomic E-state index is 2.86. The SMILES string of the molecule is CCCCCCCCCCCCCCCCCCN(CCCCCCCCCC(C)C)CCCCCCCCCC(C)C. The molecule has 0 amide bonds. The topological polar surface area (TPSA) is 3.24 Å². The molecule has 0 unspecified atom stereocenters. The number of rotatable bonds is 37. The van der Waals surface area contributed by atoms with E-state index in [2.05, 4.69) is 39.5 Å². The zero-order chi connectivity index (χ0) is 31.5. The zero-order valence-corrected chi connectivity index (χ0v) is 31.4. The molecule has 0 heterocycles. The normalized spacial score (nSPS) is 12.0. The van der Waals surface area contributed by atoms with Gasteiger partial charge < -0.3 is 4.90 Å². The van der Waals surface area contributed by atoms with E-state index in [1.54, 1.807) is 0 Å². The van der Waals surface area contributed by atoms with E-state index in [0.29, 0.717) is 0 Å². The quantitative estimate of drug-likeness (QED) is 0.0637. The van der Waals surface area contributed by atoms with Gasteiger partial charge in [-0.2, -0.15) is 0 Å². The highest BCUT2D eigenvalue weighted by Crippen LogP contribution is 2.16. The van der Waals surface area contributed by atoms with Gasteiger partial charge in [-0.25, -0.2) is 0 Å². The van der Waals surface area contributed by atoms with Crippen molar-refractivity contribution in [3.8, 4) is 0 Å². The molecular weight excluding hydrogens is 518 g/mol. The average Bonchev–Trinajstić information content (AvgIpc) is 2.98. The summed E-state index contributed by atoms with van der Waals surface area (Å²) in [5.74, 6) is 1.77. The first-order valence-corrected chi connectivity index (χ1v) is 20.8.